The fraction of sp³-hybridized carbons (Fsp3) is 0.333. The second-order valence-electron chi connectivity index (χ2n) is 2.97. The number of aromatic nitrogens is 1. The summed E-state index contributed by atoms with van der Waals surface area (Å²) in [6, 6.07) is 3.76. The third-order valence-corrected chi connectivity index (χ3v) is 2.13. The molecule has 1 aromatic heterocycles. The molecule has 0 unspecified atom stereocenters. The van der Waals surface area contributed by atoms with Crippen LogP contribution < -0.4 is 4.74 Å². The van der Waals surface area contributed by atoms with E-state index in [1.807, 2.05) is 12.1 Å². The molecule has 68 valence electrons. The Morgan fingerprint density at radius 3 is 3.08 bits per heavy atom. The van der Waals surface area contributed by atoms with Crippen molar-refractivity contribution >= 4 is 6.41 Å². The van der Waals surface area contributed by atoms with Crippen molar-refractivity contribution in [3.05, 3.63) is 23.4 Å². The first-order valence-corrected chi connectivity index (χ1v) is 4.05. The van der Waals surface area contributed by atoms with Gasteiger partial charge in [-0.05, 0) is 11.6 Å². The second-order valence-corrected chi connectivity index (χ2v) is 2.97. The van der Waals surface area contributed by atoms with Crippen molar-refractivity contribution in [1.82, 2.24) is 9.88 Å². The molecular weight excluding hydrogens is 168 g/mol. The molecule has 1 aromatic rings. The zero-order chi connectivity index (χ0) is 9.26. The maximum absolute atomic E-state index is 10.5. The normalized spacial score (nSPS) is 14.1. The van der Waals surface area contributed by atoms with Crippen molar-refractivity contribution in [2.24, 2.45) is 0 Å². The van der Waals surface area contributed by atoms with Crippen molar-refractivity contribution in [3.8, 4) is 5.88 Å². The second kappa shape index (κ2) is 3.05. The lowest BCUT2D eigenvalue weighted by molar-refractivity contribution is -0.118. The van der Waals surface area contributed by atoms with Gasteiger partial charge in [-0.3, -0.25) is 4.79 Å². The number of hydrogen-bond donors (Lipinski definition) is 0. The molecule has 1 amide bonds. The number of amides is 1. The molecule has 1 aliphatic heterocycles. The standard InChI is InChI=1S/C9H10N2O2/c1-13-9-3-2-7-4-11(6-12)5-8(7)10-9/h2-3,6H,4-5H2,1H3. The van der Waals surface area contributed by atoms with E-state index in [4.69, 9.17) is 4.74 Å². The van der Waals surface area contributed by atoms with Crippen LogP contribution in [0.3, 0.4) is 0 Å². The van der Waals surface area contributed by atoms with E-state index in [-0.39, 0.29) is 0 Å². The summed E-state index contributed by atoms with van der Waals surface area (Å²) in [5.41, 5.74) is 2.04. The van der Waals surface area contributed by atoms with Gasteiger partial charge in [-0.1, -0.05) is 0 Å². The summed E-state index contributed by atoms with van der Waals surface area (Å²) in [6.45, 7) is 1.26. The molecule has 0 bridgehead atoms. The zero-order valence-corrected chi connectivity index (χ0v) is 7.36. The first-order chi connectivity index (χ1) is 6.33. The minimum Gasteiger partial charge on any atom is -0.481 e. The number of rotatable bonds is 2. The lowest BCUT2D eigenvalue weighted by Crippen LogP contribution is -2.12. The molecule has 4 nitrogen and oxygen atoms in total. The predicted molar refractivity (Wildman–Crippen MR) is 46.1 cm³/mol. The Hall–Kier alpha value is -1.58. The van der Waals surface area contributed by atoms with Crippen molar-refractivity contribution in [3.63, 3.8) is 0 Å². The summed E-state index contributed by atoms with van der Waals surface area (Å²) in [5, 5.41) is 0. The third kappa shape index (κ3) is 1.35. The van der Waals surface area contributed by atoms with Crippen LogP contribution in [0.5, 0.6) is 5.88 Å². The maximum atomic E-state index is 10.5. The molecule has 0 radical (unpaired) electrons. The van der Waals surface area contributed by atoms with Gasteiger partial charge >= 0.3 is 0 Å². The van der Waals surface area contributed by atoms with E-state index >= 15 is 0 Å². The summed E-state index contributed by atoms with van der Waals surface area (Å²) in [5.74, 6) is 0.603. The van der Waals surface area contributed by atoms with Crippen LogP contribution in [-0.4, -0.2) is 23.4 Å². The van der Waals surface area contributed by atoms with E-state index in [1.54, 1.807) is 12.0 Å². The highest BCUT2D eigenvalue weighted by molar-refractivity contribution is 5.50. The highest BCUT2D eigenvalue weighted by atomic mass is 16.5. The first-order valence-electron chi connectivity index (χ1n) is 4.05. The fourth-order valence-corrected chi connectivity index (χ4v) is 1.45. The number of ether oxygens (including phenoxy) is 1. The van der Waals surface area contributed by atoms with Gasteiger partial charge in [0.15, 0.2) is 0 Å². The highest BCUT2D eigenvalue weighted by Gasteiger charge is 2.18. The Morgan fingerprint density at radius 1 is 1.54 bits per heavy atom. The number of methoxy groups -OCH3 is 1. The molecule has 2 rings (SSSR count). The monoisotopic (exact) mass is 178 g/mol. The Kier molecular flexibility index (Phi) is 1.88. The van der Waals surface area contributed by atoms with Crippen LogP contribution in [0.2, 0.25) is 0 Å². The smallest absolute Gasteiger partial charge is 0.213 e. The van der Waals surface area contributed by atoms with Crippen LogP contribution in [0.15, 0.2) is 12.1 Å². The van der Waals surface area contributed by atoms with Gasteiger partial charge in [0.25, 0.3) is 0 Å². The SMILES string of the molecule is COc1ccc2c(n1)CN(C=O)C2. The van der Waals surface area contributed by atoms with E-state index in [1.165, 1.54) is 0 Å². The molecule has 0 saturated carbocycles. The highest BCUT2D eigenvalue weighted by Crippen LogP contribution is 2.21. The number of nitrogens with zero attached hydrogens (tertiary/aromatic N) is 2. The van der Waals surface area contributed by atoms with Crippen molar-refractivity contribution < 1.29 is 9.53 Å². The van der Waals surface area contributed by atoms with Gasteiger partial charge in [-0.2, -0.15) is 0 Å². The maximum Gasteiger partial charge on any atom is 0.213 e. The van der Waals surface area contributed by atoms with Gasteiger partial charge in [0.05, 0.1) is 19.3 Å². The Labute approximate surface area is 76.1 Å². The summed E-state index contributed by atoms with van der Waals surface area (Å²) >= 11 is 0. The molecule has 0 spiro atoms. The van der Waals surface area contributed by atoms with Crippen molar-refractivity contribution in [1.29, 1.82) is 0 Å². The molecule has 0 aromatic carbocycles. The van der Waals surface area contributed by atoms with Crippen LogP contribution >= 0.6 is 0 Å². The molecule has 0 N–H and O–H groups in total. The summed E-state index contributed by atoms with van der Waals surface area (Å²) in [7, 11) is 1.58. The largest absolute Gasteiger partial charge is 0.481 e. The summed E-state index contributed by atoms with van der Waals surface area (Å²) in [4.78, 5) is 16.4. The average Bonchev–Trinajstić information content (AvgIpc) is 2.58. The first kappa shape index (κ1) is 8.04. The van der Waals surface area contributed by atoms with E-state index in [0.717, 1.165) is 17.7 Å². The zero-order valence-electron chi connectivity index (χ0n) is 7.36. The quantitative estimate of drug-likeness (QED) is 0.621. The topological polar surface area (TPSA) is 42.4 Å². The van der Waals surface area contributed by atoms with Crippen molar-refractivity contribution in [2.75, 3.05) is 7.11 Å². The number of hydrogen-bond acceptors (Lipinski definition) is 3. The predicted octanol–water partition coefficient (Wildman–Crippen LogP) is 0.562. The molecule has 0 fully saturated rings. The Balaban J connectivity index is 2.30. The molecule has 0 saturated heterocycles. The molecule has 1 aliphatic rings. The van der Waals surface area contributed by atoms with Crippen LogP contribution in [0.4, 0.5) is 0 Å². The summed E-state index contributed by atoms with van der Waals surface area (Å²) in [6.07, 6.45) is 0.841. The van der Waals surface area contributed by atoms with Gasteiger partial charge in [0, 0.05) is 12.6 Å². The lowest BCUT2D eigenvalue weighted by Gasteiger charge is -2.03. The lowest BCUT2D eigenvalue weighted by atomic mass is 10.2. The van der Waals surface area contributed by atoms with Gasteiger partial charge < -0.3 is 9.64 Å². The van der Waals surface area contributed by atoms with Crippen LogP contribution in [0.25, 0.3) is 0 Å². The van der Waals surface area contributed by atoms with Crippen molar-refractivity contribution in [2.45, 2.75) is 13.1 Å². The molecule has 0 atom stereocenters. The molecule has 0 aliphatic carbocycles. The summed E-state index contributed by atoms with van der Waals surface area (Å²) < 4.78 is 4.99. The van der Waals surface area contributed by atoms with Gasteiger partial charge in [-0.15, -0.1) is 0 Å². The van der Waals surface area contributed by atoms with E-state index in [0.29, 0.717) is 19.0 Å². The van der Waals surface area contributed by atoms with E-state index in [2.05, 4.69) is 4.98 Å². The molecule has 4 heteroatoms. The Bertz CT molecular complexity index is 338. The number of fused-ring (bicyclic) bond motifs is 1. The average molecular weight is 178 g/mol. The number of pyridine rings is 1. The van der Waals surface area contributed by atoms with Gasteiger partial charge in [0.2, 0.25) is 12.3 Å². The van der Waals surface area contributed by atoms with E-state index < -0.39 is 0 Å². The van der Waals surface area contributed by atoms with Crippen LogP contribution in [-0.2, 0) is 17.9 Å². The number of carbonyl (C=O) groups excluding carboxylic acids is 1. The fourth-order valence-electron chi connectivity index (χ4n) is 1.45. The van der Waals surface area contributed by atoms with Crippen LogP contribution in [0.1, 0.15) is 11.3 Å². The van der Waals surface area contributed by atoms with Crippen LogP contribution in [0, 0.1) is 0 Å². The minimum atomic E-state index is 0.593. The molecule has 2 heterocycles. The Morgan fingerprint density at radius 2 is 2.38 bits per heavy atom. The minimum absolute atomic E-state index is 0.593. The number of carbonyl (C=O) groups is 1. The van der Waals surface area contributed by atoms with E-state index in [9.17, 15) is 4.79 Å². The van der Waals surface area contributed by atoms with Gasteiger partial charge in [-0.25, -0.2) is 4.98 Å². The molecular formula is C9H10N2O2. The third-order valence-electron chi connectivity index (χ3n) is 2.13. The molecule has 13 heavy (non-hydrogen) atoms. The van der Waals surface area contributed by atoms with Gasteiger partial charge in [0.1, 0.15) is 0 Å².